The van der Waals surface area contributed by atoms with Gasteiger partial charge >= 0.3 is 0 Å². The Morgan fingerprint density at radius 3 is 2.37 bits per heavy atom. The summed E-state index contributed by atoms with van der Waals surface area (Å²) >= 11 is 4.52. The van der Waals surface area contributed by atoms with E-state index in [1.54, 1.807) is 12.1 Å². The Labute approximate surface area is 122 Å². The highest BCUT2D eigenvalue weighted by molar-refractivity contribution is 9.11. The van der Waals surface area contributed by atoms with Gasteiger partial charge in [-0.15, -0.1) is 11.3 Å². The van der Waals surface area contributed by atoms with Crippen molar-refractivity contribution in [3.05, 3.63) is 44.3 Å². The van der Waals surface area contributed by atoms with Crippen LogP contribution in [0, 0.1) is 5.82 Å². The topological polar surface area (TPSA) is 35.5 Å². The molecule has 100 valence electrons. The monoisotopic (exact) mass is 344 g/mol. The van der Waals surface area contributed by atoms with E-state index in [4.69, 9.17) is 9.47 Å². The largest absolute Gasteiger partial charge is 0.493 e. The van der Waals surface area contributed by atoms with E-state index in [9.17, 15) is 9.18 Å². The van der Waals surface area contributed by atoms with Crippen LogP contribution in [-0.4, -0.2) is 20.0 Å². The van der Waals surface area contributed by atoms with Gasteiger partial charge in [-0.2, -0.15) is 0 Å². The normalized spacial score (nSPS) is 10.3. The van der Waals surface area contributed by atoms with Crippen LogP contribution in [0.25, 0.3) is 0 Å². The lowest BCUT2D eigenvalue weighted by Gasteiger charge is -2.09. The lowest BCUT2D eigenvalue weighted by Crippen LogP contribution is -2.04. The summed E-state index contributed by atoms with van der Waals surface area (Å²) in [4.78, 5) is 12.7. The van der Waals surface area contributed by atoms with Crippen LogP contribution in [0.3, 0.4) is 0 Å². The summed E-state index contributed by atoms with van der Waals surface area (Å²) < 4.78 is 24.8. The van der Waals surface area contributed by atoms with E-state index in [1.807, 2.05) is 0 Å². The maximum Gasteiger partial charge on any atom is 0.206 e. The van der Waals surface area contributed by atoms with Crippen molar-refractivity contribution >= 4 is 33.0 Å². The van der Waals surface area contributed by atoms with Crippen molar-refractivity contribution in [3.63, 3.8) is 0 Å². The molecule has 19 heavy (non-hydrogen) atoms. The Morgan fingerprint density at radius 1 is 1.21 bits per heavy atom. The van der Waals surface area contributed by atoms with Crippen LogP contribution in [0.4, 0.5) is 4.39 Å². The number of rotatable bonds is 4. The summed E-state index contributed by atoms with van der Waals surface area (Å²) in [5.41, 5.74) is -0.0352. The molecular weight excluding hydrogens is 335 g/mol. The van der Waals surface area contributed by atoms with E-state index in [2.05, 4.69) is 15.9 Å². The number of methoxy groups -OCH3 is 2. The molecule has 0 radical (unpaired) electrons. The van der Waals surface area contributed by atoms with Crippen LogP contribution in [0.1, 0.15) is 15.2 Å². The van der Waals surface area contributed by atoms with Gasteiger partial charge in [0.25, 0.3) is 0 Å². The summed E-state index contributed by atoms with van der Waals surface area (Å²) in [6, 6.07) is 5.89. The maximum atomic E-state index is 13.9. The van der Waals surface area contributed by atoms with Crippen molar-refractivity contribution < 1.29 is 18.7 Å². The fraction of sp³-hybridized carbons (Fsp3) is 0.154. The molecule has 0 atom stereocenters. The zero-order valence-electron chi connectivity index (χ0n) is 10.2. The van der Waals surface area contributed by atoms with Gasteiger partial charge in [-0.05, 0) is 34.1 Å². The second-order valence-electron chi connectivity index (χ2n) is 3.62. The summed E-state index contributed by atoms with van der Waals surface area (Å²) in [7, 11) is 2.85. The molecule has 2 aromatic rings. The summed E-state index contributed by atoms with van der Waals surface area (Å²) in [5.74, 6) is -0.437. The van der Waals surface area contributed by atoms with Crippen molar-refractivity contribution in [2.24, 2.45) is 0 Å². The predicted molar refractivity (Wildman–Crippen MR) is 75.0 cm³/mol. The maximum absolute atomic E-state index is 13.9. The SMILES string of the molecule is COc1cc(F)c(C(=O)c2ccc(Br)s2)cc1OC. The van der Waals surface area contributed by atoms with Gasteiger partial charge in [0, 0.05) is 6.07 Å². The molecule has 1 heterocycles. The smallest absolute Gasteiger partial charge is 0.206 e. The van der Waals surface area contributed by atoms with Crippen LogP contribution in [0.2, 0.25) is 0 Å². The van der Waals surface area contributed by atoms with E-state index >= 15 is 0 Å². The number of carbonyl (C=O) groups excluding carboxylic acids is 1. The molecule has 0 saturated heterocycles. The van der Waals surface area contributed by atoms with Crippen LogP contribution in [0.5, 0.6) is 11.5 Å². The highest BCUT2D eigenvalue weighted by Gasteiger charge is 2.19. The number of hydrogen-bond acceptors (Lipinski definition) is 4. The highest BCUT2D eigenvalue weighted by atomic mass is 79.9. The van der Waals surface area contributed by atoms with Crippen molar-refractivity contribution in [2.45, 2.75) is 0 Å². The molecule has 0 saturated carbocycles. The first kappa shape index (κ1) is 14.0. The molecular formula is C13H10BrFO3S. The Kier molecular flexibility index (Phi) is 4.21. The molecule has 0 spiro atoms. The third-order valence-electron chi connectivity index (χ3n) is 2.51. The predicted octanol–water partition coefficient (Wildman–Crippen LogP) is 3.90. The molecule has 0 aliphatic heterocycles. The zero-order valence-corrected chi connectivity index (χ0v) is 12.6. The van der Waals surface area contributed by atoms with Crippen LogP contribution in [-0.2, 0) is 0 Å². The minimum absolute atomic E-state index is 0.0352. The number of hydrogen-bond donors (Lipinski definition) is 0. The molecule has 3 nitrogen and oxygen atoms in total. The Hall–Kier alpha value is -1.40. The molecule has 0 amide bonds. The van der Waals surface area contributed by atoms with E-state index in [0.717, 1.165) is 9.85 Å². The average molecular weight is 345 g/mol. The molecule has 0 N–H and O–H groups in total. The van der Waals surface area contributed by atoms with E-state index < -0.39 is 5.82 Å². The third kappa shape index (κ3) is 2.79. The van der Waals surface area contributed by atoms with Crippen LogP contribution < -0.4 is 9.47 Å². The van der Waals surface area contributed by atoms with Crippen LogP contribution >= 0.6 is 27.3 Å². The Balaban J connectivity index is 2.47. The highest BCUT2D eigenvalue weighted by Crippen LogP contribution is 2.32. The number of ether oxygens (including phenoxy) is 2. The average Bonchev–Trinajstić information content (AvgIpc) is 2.84. The number of ketones is 1. The minimum Gasteiger partial charge on any atom is -0.493 e. The standard InChI is InChI=1S/C13H10BrFO3S/c1-17-9-5-7(8(15)6-10(9)18-2)13(16)11-3-4-12(14)19-11/h3-6H,1-2H3. The first-order valence-corrected chi connectivity index (χ1v) is 6.89. The van der Waals surface area contributed by atoms with Crippen molar-refractivity contribution in [1.82, 2.24) is 0 Å². The van der Waals surface area contributed by atoms with Gasteiger partial charge in [-0.25, -0.2) is 4.39 Å². The van der Waals surface area contributed by atoms with E-state index in [1.165, 1.54) is 31.6 Å². The van der Waals surface area contributed by atoms with Crippen molar-refractivity contribution in [1.29, 1.82) is 0 Å². The molecule has 1 aromatic carbocycles. The first-order valence-electron chi connectivity index (χ1n) is 5.28. The molecule has 0 fully saturated rings. The Morgan fingerprint density at radius 2 is 1.84 bits per heavy atom. The molecule has 0 aliphatic carbocycles. The lowest BCUT2D eigenvalue weighted by molar-refractivity contribution is 0.103. The van der Waals surface area contributed by atoms with Gasteiger partial charge in [0.05, 0.1) is 28.4 Å². The molecule has 1 aromatic heterocycles. The fourth-order valence-electron chi connectivity index (χ4n) is 1.60. The van der Waals surface area contributed by atoms with Gasteiger partial charge in [-0.1, -0.05) is 0 Å². The van der Waals surface area contributed by atoms with E-state index in [-0.39, 0.29) is 17.1 Å². The molecule has 0 aliphatic rings. The van der Waals surface area contributed by atoms with Gasteiger partial charge in [-0.3, -0.25) is 4.79 Å². The summed E-state index contributed by atoms with van der Waals surface area (Å²) in [6.07, 6.45) is 0. The molecule has 0 bridgehead atoms. The lowest BCUT2D eigenvalue weighted by atomic mass is 10.1. The second kappa shape index (κ2) is 5.71. The van der Waals surface area contributed by atoms with Gasteiger partial charge in [0.15, 0.2) is 11.5 Å². The molecule has 0 unspecified atom stereocenters. The molecule has 6 heteroatoms. The van der Waals surface area contributed by atoms with E-state index in [0.29, 0.717) is 10.6 Å². The zero-order chi connectivity index (χ0) is 14.0. The quantitative estimate of drug-likeness (QED) is 0.789. The minimum atomic E-state index is -0.632. The number of benzene rings is 1. The van der Waals surface area contributed by atoms with Crippen LogP contribution in [0.15, 0.2) is 28.1 Å². The third-order valence-corrected chi connectivity index (χ3v) is 4.14. The first-order chi connectivity index (χ1) is 9.06. The summed E-state index contributed by atoms with van der Waals surface area (Å²) in [5, 5.41) is 0. The van der Waals surface area contributed by atoms with Crippen molar-refractivity contribution in [3.8, 4) is 11.5 Å². The van der Waals surface area contributed by atoms with Crippen molar-refractivity contribution in [2.75, 3.05) is 14.2 Å². The Bertz CT molecular complexity index is 624. The fourth-order valence-corrected chi connectivity index (χ4v) is 2.94. The van der Waals surface area contributed by atoms with Gasteiger partial charge in [0.1, 0.15) is 5.82 Å². The van der Waals surface area contributed by atoms with Gasteiger partial charge in [0.2, 0.25) is 5.78 Å². The number of thiophene rings is 1. The van der Waals surface area contributed by atoms with Gasteiger partial charge < -0.3 is 9.47 Å². The second-order valence-corrected chi connectivity index (χ2v) is 6.08. The number of carbonyl (C=O) groups is 1. The number of halogens is 2. The molecule has 2 rings (SSSR count). The summed E-state index contributed by atoms with van der Waals surface area (Å²) in [6.45, 7) is 0.